The predicted molar refractivity (Wildman–Crippen MR) is 117 cm³/mol. The average molecular weight is 423 g/mol. The van der Waals surface area contributed by atoms with Crippen LogP contribution in [0.1, 0.15) is 35.5 Å². The van der Waals surface area contributed by atoms with Crippen LogP contribution < -0.4 is 15.8 Å². The Morgan fingerprint density at radius 3 is 2.48 bits per heavy atom. The van der Waals surface area contributed by atoms with Crippen LogP contribution >= 0.6 is 0 Å². The fourth-order valence-corrected chi connectivity index (χ4v) is 3.35. The van der Waals surface area contributed by atoms with E-state index in [1.54, 1.807) is 37.3 Å². The number of carbonyl (C=O) groups is 2. The SMILES string of the molecule is Cc1nc2cccc(OCC(C)(C)NC(=O)Cc3ccc(O)cc3)c2c(N)c1C(=O)O. The third kappa shape index (κ3) is 5.03. The lowest BCUT2D eigenvalue weighted by Crippen LogP contribution is -2.48. The molecule has 0 bridgehead atoms. The summed E-state index contributed by atoms with van der Waals surface area (Å²) in [6.07, 6.45) is 0.163. The van der Waals surface area contributed by atoms with E-state index in [1.807, 2.05) is 13.8 Å². The van der Waals surface area contributed by atoms with Crippen molar-refractivity contribution in [2.24, 2.45) is 0 Å². The Balaban J connectivity index is 1.76. The van der Waals surface area contributed by atoms with E-state index in [0.29, 0.717) is 22.3 Å². The molecule has 0 spiro atoms. The van der Waals surface area contributed by atoms with Crippen molar-refractivity contribution in [3.05, 3.63) is 59.3 Å². The molecule has 0 aliphatic carbocycles. The van der Waals surface area contributed by atoms with Gasteiger partial charge in [-0.15, -0.1) is 0 Å². The first-order valence-corrected chi connectivity index (χ1v) is 9.71. The van der Waals surface area contributed by atoms with Crippen LogP contribution in [-0.2, 0) is 11.2 Å². The molecule has 8 heteroatoms. The number of phenolic OH excluding ortho intramolecular Hbond substituents is 1. The molecule has 0 aliphatic heterocycles. The monoisotopic (exact) mass is 423 g/mol. The highest BCUT2D eigenvalue weighted by Gasteiger charge is 2.24. The summed E-state index contributed by atoms with van der Waals surface area (Å²) in [6.45, 7) is 5.37. The van der Waals surface area contributed by atoms with Gasteiger partial charge < -0.3 is 26.0 Å². The number of nitrogens with zero attached hydrogens (tertiary/aromatic N) is 1. The number of nitrogens with two attached hydrogens (primary N) is 1. The number of rotatable bonds is 7. The number of phenols is 1. The smallest absolute Gasteiger partial charge is 0.339 e. The number of benzene rings is 2. The number of aromatic carboxylic acids is 1. The Morgan fingerprint density at radius 1 is 1.16 bits per heavy atom. The second-order valence-corrected chi connectivity index (χ2v) is 8.01. The lowest BCUT2D eigenvalue weighted by molar-refractivity contribution is -0.122. The summed E-state index contributed by atoms with van der Waals surface area (Å²) >= 11 is 0. The number of carboxylic acid groups (broad SMARTS) is 1. The van der Waals surface area contributed by atoms with E-state index in [2.05, 4.69) is 10.3 Å². The Kier molecular flexibility index (Phi) is 6.01. The van der Waals surface area contributed by atoms with Crippen LogP contribution in [0.4, 0.5) is 5.69 Å². The second-order valence-electron chi connectivity index (χ2n) is 8.01. The zero-order valence-electron chi connectivity index (χ0n) is 17.6. The molecular weight excluding hydrogens is 398 g/mol. The minimum absolute atomic E-state index is 0.0509. The number of anilines is 1. The summed E-state index contributed by atoms with van der Waals surface area (Å²) in [5.74, 6) is -0.808. The molecule has 3 aromatic rings. The number of ether oxygens (including phenoxy) is 1. The third-order valence-corrected chi connectivity index (χ3v) is 4.77. The third-order valence-electron chi connectivity index (χ3n) is 4.77. The summed E-state index contributed by atoms with van der Waals surface area (Å²) in [5.41, 5.74) is 7.12. The van der Waals surface area contributed by atoms with Crippen LogP contribution in [0, 0.1) is 6.92 Å². The number of nitrogens with one attached hydrogen (secondary N) is 1. The molecule has 0 radical (unpaired) electrons. The summed E-state index contributed by atoms with van der Waals surface area (Å²) in [6, 6.07) is 11.6. The van der Waals surface area contributed by atoms with Crippen molar-refractivity contribution in [1.82, 2.24) is 10.3 Å². The molecule has 0 saturated heterocycles. The molecule has 1 heterocycles. The minimum atomic E-state index is -1.15. The van der Waals surface area contributed by atoms with Crippen LogP contribution in [0.5, 0.6) is 11.5 Å². The first-order chi connectivity index (χ1) is 14.6. The summed E-state index contributed by atoms with van der Waals surface area (Å²) in [5, 5.41) is 22.2. The lowest BCUT2D eigenvalue weighted by atomic mass is 10.0. The highest BCUT2D eigenvalue weighted by Crippen LogP contribution is 2.33. The van der Waals surface area contributed by atoms with Gasteiger partial charge in [-0.25, -0.2) is 4.79 Å². The van der Waals surface area contributed by atoms with Crippen LogP contribution in [0.25, 0.3) is 10.9 Å². The molecule has 1 aromatic heterocycles. The van der Waals surface area contributed by atoms with Crippen LogP contribution in [0.3, 0.4) is 0 Å². The number of aromatic nitrogens is 1. The molecule has 3 rings (SSSR count). The molecule has 1 amide bonds. The zero-order valence-corrected chi connectivity index (χ0v) is 17.6. The fraction of sp³-hybridized carbons (Fsp3) is 0.261. The molecule has 8 nitrogen and oxygen atoms in total. The maximum atomic E-state index is 12.4. The van der Waals surface area contributed by atoms with Gasteiger partial charge in [-0.1, -0.05) is 18.2 Å². The molecule has 0 fully saturated rings. The number of carbonyl (C=O) groups excluding carboxylic acids is 1. The molecule has 0 aliphatic rings. The van der Waals surface area contributed by atoms with Crippen molar-refractivity contribution >= 4 is 28.5 Å². The predicted octanol–water partition coefficient (Wildman–Crippen LogP) is 3.05. The Morgan fingerprint density at radius 2 is 1.84 bits per heavy atom. The second kappa shape index (κ2) is 8.51. The van der Waals surface area contributed by atoms with Gasteiger partial charge in [0.25, 0.3) is 0 Å². The Bertz CT molecular complexity index is 1140. The van der Waals surface area contributed by atoms with Crippen molar-refractivity contribution < 1.29 is 24.5 Å². The van der Waals surface area contributed by atoms with Crippen molar-refractivity contribution in [3.63, 3.8) is 0 Å². The number of carboxylic acids is 1. The number of fused-ring (bicyclic) bond motifs is 1. The highest BCUT2D eigenvalue weighted by atomic mass is 16.5. The quantitative estimate of drug-likeness (QED) is 0.459. The van der Waals surface area contributed by atoms with Crippen molar-refractivity contribution in [2.75, 3.05) is 12.3 Å². The van der Waals surface area contributed by atoms with Crippen molar-refractivity contribution in [2.45, 2.75) is 32.7 Å². The molecule has 2 aromatic carbocycles. The van der Waals surface area contributed by atoms with E-state index in [4.69, 9.17) is 10.5 Å². The number of aromatic hydroxyl groups is 1. The van der Waals surface area contributed by atoms with Crippen molar-refractivity contribution in [1.29, 1.82) is 0 Å². The van der Waals surface area contributed by atoms with Crippen LogP contribution in [-0.4, -0.2) is 39.2 Å². The van der Waals surface area contributed by atoms with Gasteiger partial charge in [0.2, 0.25) is 5.91 Å². The van der Waals surface area contributed by atoms with E-state index >= 15 is 0 Å². The normalized spacial score (nSPS) is 11.3. The van der Waals surface area contributed by atoms with E-state index in [9.17, 15) is 19.8 Å². The standard InChI is InChI=1S/C23H25N3O5/c1-13-19(22(29)30)21(24)20-16(25-13)5-4-6-17(20)31-12-23(2,3)26-18(28)11-14-7-9-15(27)10-8-14/h4-10,27H,11-12H2,1-3H3,(H2,24,25)(H,26,28)(H,29,30). The van der Waals surface area contributed by atoms with E-state index in [-0.39, 0.29) is 35.9 Å². The molecule has 5 N–H and O–H groups in total. The van der Waals surface area contributed by atoms with Gasteiger partial charge in [-0.05, 0) is 50.6 Å². The molecule has 0 unspecified atom stereocenters. The summed E-state index contributed by atoms with van der Waals surface area (Å²) in [7, 11) is 0. The maximum Gasteiger partial charge on any atom is 0.339 e. The molecule has 0 atom stereocenters. The Labute approximate surface area is 179 Å². The molecule has 31 heavy (non-hydrogen) atoms. The first-order valence-electron chi connectivity index (χ1n) is 9.71. The number of hydrogen-bond donors (Lipinski definition) is 4. The van der Waals surface area contributed by atoms with E-state index < -0.39 is 11.5 Å². The molecule has 162 valence electrons. The van der Waals surface area contributed by atoms with Crippen LogP contribution in [0.15, 0.2) is 42.5 Å². The maximum absolute atomic E-state index is 12.4. The number of amides is 1. The number of pyridine rings is 1. The molecule has 0 saturated carbocycles. The summed E-state index contributed by atoms with van der Waals surface area (Å²) < 4.78 is 5.95. The van der Waals surface area contributed by atoms with E-state index in [0.717, 1.165) is 5.56 Å². The van der Waals surface area contributed by atoms with Gasteiger partial charge in [-0.2, -0.15) is 0 Å². The van der Waals surface area contributed by atoms with E-state index in [1.165, 1.54) is 12.1 Å². The van der Waals surface area contributed by atoms with Gasteiger partial charge in [0, 0.05) is 0 Å². The fourth-order valence-electron chi connectivity index (χ4n) is 3.35. The molecular formula is C23H25N3O5. The highest BCUT2D eigenvalue weighted by molar-refractivity contribution is 6.06. The van der Waals surface area contributed by atoms with Gasteiger partial charge in [-0.3, -0.25) is 9.78 Å². The van der Waals surface area contributed by atoms with Crippen molar-refractivity contribution in [3.8, 4) is 11.5 Å². The number of nitrogen functional groups attached to an aromatic ring is 1. The van der Waals surface area contributed by atoms with Gasteiger partial charge in [0.15, 0.2) is 0 Å². The summed E-state index contributed by atoms with van der Waals surface area (Å²) in [4.78, 5) is 28.3. The lowest BCUT2D eigenvalue weighted by Gasteiger charge is -2.27. The number of aryl methyl sites for hydroxylation is 1. The minimum Gasteiger partial charge on any atom is -0.508 e. The Hall–Kier alpha value is -3.81. The topological polar surface area (TPSA) is 135 Å². The zero-order chi connectivity index (χ0) is 22.8. The number of hydrogen-bond acceptors (Lipinski definition) is 6. The van der Waals surface area contributed by atoms with Gasteiger partial charge in [0.05, 0.1) is 34.2 Å². The first kappa shape index (κ1) is 21.9. The largest absolute Gasteiger partial charge is 0.508 e. The average Bonchev–Trinajstić information content (AvgIpc) is 2.67. The van der Waals surface area contributed by atoms with Gasteiger partial charge >= 0.3 is 5.97 Å². The van der Waals surface area contributed by atoms with Gasteiger partial charge in [0.1, 0.15) is 23.7 Å². The van der Waals surface area contributed by atoms with Crippen LogP contribution in [0.2, 0.25) is 0 Å².